The molecule has 0 heterocycles. The molecule has 0 aromatic heterocycles. The van der Waals surface area contributed by atoms with Gasteiger partial charge in [0, 0.05) is 11.6 Å². The Morgan fingerprint density at radius 3 is 2.38 bits per heavy atom. The molecular formula is C19H22FN. The summed E-state index contributed by atoms with van der Waals surface area (Å²) in [4.78, 5) is 0. The maximum Gasteiger partial charge on any atom is 0.131 e. The third-order valence-corrected chi connectivity index (χ3v) is 4.72. The highest BCUT2D eigenvalue weighted by Crippen LogP contribution is 2.37. The molecule has 0 aliphatic heterocycles. The van der Waals surface area contributed by atoms with Crippen molar-refractivity contribution in [3.63, 3.8) is 0 Å². The van der Waals surface area contributed by atoms with Crippen molar-refractivity contribution in [2.75, 3.05) is 7.05 Å². The minimum Gasteiger partial charge on any atom is -0.313 e. The van der Waals surface area contributed by atoms with Crippen molar-refractivity contribution in [3.8, 4) is 11.1 Å². The lowest BCUT2D eigenvalue weighted by Crippen LogP contribution is -2.12. The first-order valence-electron chi connectivity index (χ1n) is 7.76. The van der Waals surface area contributed by atoms with Crippen molar-refractivity contribution in [1.82, 2.24) is 5.32 Å². The first kappa shape index (κ1) is 14.3. The van der Waals surface area contributed by atoms with E-state index in [0.717, 1.165) is 17.0 Å². The summed E-state index contributed by atoms with van der Waals surface area (Å²) in [6.07, 6.45) is 3.93. The van der Waals surface area contributed by atoms with Crippen LogP contribution < -0.4 is 5.32 Å². The molecule has 3 rings (SSSR count). The van der Waals surface area contributed by atoms with Crippen molar-refractivity contribution in [2.45, 2.75) is 38.1 Å². The van der Waals surface area contributed by atoms with Crippen LogP contribution in [0.4, 0.5) is 4.39 Å². The summed E-state index contributed by atoms with van der Waals surface area (Å²) in [5, 5.41) is 3.20. The largest absolute Gasteiger partial charge is 0.313 e. The molecule has 0 spiro atoms. The van der Waals surface area contributed by atoms with Crippen LogP contribution in [0, 0.1) is 5.82 Å². The molecule has 2 aromatic rings. The standard InChI is InChI=1S/C19H22FN/c1-13(21-2)17-10-11-19(20)18(12-17)16-8-6-15(7-9-16)14-4-3-5-14/h6-14,21H,3-5H2,1-2H3. The Kier molecular flexibility index (Phi) is 4.07. The molecule has 1 fully saturated rings. The summed E-state index contributed by atoms with van der Waals surface area (Å²) in [6.45, 7) is 2.08. The number of nitrogens with one attached hydrogen (secondary N) is 1. The molecule has 1 aliphatic rings. The first-order valence-corrected chi connectivity index (χ1v) is 7.76. The van der Waals surface area contributed by atoms with Gasteiger partial charge < -0.3 is 5.32 Å². The quantitative estimate of drug-likeness (QED) is 0.828. The number of rotatable bonds is 4. The summed E-state index contributed by atoms with van der Waals surface area (Å²) < 4.78 is 14.1. The second-order valence-corrected chi connectivity index (χ2v) is 6.00. The van der Waals surface area contributed by atoms with Crippen molar-refractivity contribution in [1.29, 1.82) is 0 Å². The van der Waals surface area contributed by atoms with E-state index in [1.165, 1.54) is 24.8 Å². The molecule has 0 radical (unpaired) electrons. The number of halogens is 1. The average Bonchev–Trinajstić information content (AvgIpc) is 2.46. The fourth-order valence-corrected chi connectivity index (χ4v) is 2.88. The van der Waals surface area contributed by atoms with Crippen molar-refractivity contribution in [3.05, 3.63) is 59.4 Å². The summed E-state index contributed by atoms with van der Waals surface area (Å²) in [6, 6.07) is 14.0. The highest BCUT2D eigenvalue weighted by molar-refractivity contribution is 5.65. The predicted molar refractivity (Wildman–Crippen MR) is 85.9 cm³/mol. The Labute approximate surface area is 126 Å². The molecule has 1 nitrogen and oxygen atoms in total. The molecule has 0 bridgehead atoms. The molecule has 2 heteroatoms. The minimum absolute atomic E-state index is 0.154. The van der Waals surface area contributed by atoms with Gasteiger partial charge in [0.25, 0.3) is 0 Å². The van der Waals surface area contributed by atoms with E-state index >= 15 is 0 Å². The fraction of sp³-hybridized carbons (Fsp3) is 0.368. The molecule has 1 unspecified atom stereocenters. The van der Waals surface area contributed by atoms with Crippen LogP contribution in [0.3, 0.4) is 0 Å². The lowest BCUT2D eigenvalue weighted by molar-refractivity contribution is 0.420. The highest BCUT2D eigenvalue weighted by Gasteiger charge is 2.19. The Balaban J connectivity index is 1.91. The van der Waals surface area contributed by atoms with Crippen molar-refractivity contribution >= 4 is 0 Å². The van der Waals surface area contributed by atoms with Gasteiger partial charge in [-0.05, 0) is 61.6 Å². The maximum atomic E-state index is 14.1. The van der Waals surface area contributed by atoms with E-state index in [2.05, 4.69) is 36.5 Å². The normalized spacial score (nSPS) is 16.5. The van der Waals surface area contributed by atoms with Gasteiger partial charge in [-0.1, -0.05) is 36.8 Å². The summed E-state index contributed by atoms with van der Waals surface area (Å²) in [7, 11) is 1.92. The van der Waals surface area contributed by atoms with Crippen LogP contribution in [0.15, 0.2) is 42.5 Å². The van der Waals surface area contributed by atoms with E-state index < -0.39 is 0 Å². The van der Waals surface area contributed by atoms with Crippen LogP contribution in [0.5, 0.6) is 0 Å². The van der Waals surface area contributed by atoms with Crippen LogP contribution in [0.2, 0.25) is 0 Å². The molecule has 1 N–H and O–H groups in total. The van der Waals surface area contributed by atoms with Crippen LogP contribution in [-0.2, 0) is 0 Å². The summed E-state index contributed by atoms with van der Waals surface area (Å²) in [5.41, 5.74) is 4.15. The zero-order chi connectivity index (χ0) is 14.8. The Bertz CT molecular complexity index is 614. The maximum absolute atomic E-state index is 14.1. The SMILES string of the molecule is CNC(C)c1ccc(F)c(-c2ccc(C3CCC3)cc2)c1. The molecule has 1 saturated carbocycles. The molecule has 1 atom stereocenters. The molecular weight excluding hydrogens is 261 g/mol. The van der Waals surface area contributed by atoms with Gasteiger partial charge in [-0.3, -0.25) is 0 Å². The predicted octanol–water partition coefficient (Wildman–Crippen LogP) is 5.04. The Morgan fingerprint density at radius 2 is 1.81 bits per heavy atom. The van der Waals surface area contributed by atoms with Gasteiger partial charge in [0.2, 0.25) is 0 Å². The average molecular weight is 283 g/mol. The minimum atomic E-state index is -0.154. The van der Waals surface area contributed by atoms with Gasteiger partial charge in [0.15, 0.2) is 0 Å². The van der Waals surface area contributed by atoms with Crippen LogP contribution >= 0.6 is 0 Å². The van der Waals surface area contributed by atoms with Crippen molar-refractivity contribution in [2.24, 2.45) is 0 Å². The first-order chi connectivity index (χ1) is 10.2. The van der Waals surface area contributed by atoms with Gasteiger partial charge in [-0.15, -0.1) is 0 Å². The van der Waals surface area contributed by atoms with E-state index in [9.17, 15) is 4.39 Å². The Hall–Kier alpha value is -1.67. The number of hydrogen-bond donors (Lipinski definition) is 1. The van der Waals surface area contributed by atoms with E-state index in [1.807, 2.05) is 19.2 Å². The van der Waals surface area contributed by atoms with Crippen LogP contribution in [-0.4, -0.2) is 7.05 Å². The molecule has 0 saturated heterocycles. The summed E-state index contributed by atoms with van der Waals surface area (Å²) in [5.74, 6) is 0.568. The second-order valence-electron chi connectivity index (χ2n) is 6.00. The van der Waals surface area contributed by atoms with Crippen molar-refractivity contribution < 1.29 is 4.39 Å². The third kappa shape index (κ3) is 2.86. The second kappa shape index (κ2) is 5.98. The van der Waals surface area contributed by atoms with Gasteiger partial charge in [-0.25, -0.2) is 4.39 Å². The van der Waals surface area contributed by atoms with Crippen LogP contribution in [0.1, 0.15) is 49.3 Å². The molecule has 21 heavy (non-hydrogen) atoms. The zero-order valence-electron chi connectivity index (χ0n) is 12.7. The lowest BCUT2D eigenvalue weighted by atomic mass is 9.80. The van der Waals surface area contributed by atoms with Gasteiger partial charge in [0.05, 0.1) is 0 Å². The topological polar surface area (TPSA) is 12.0 Å². The number of benzene rings is 2. The molecule has 0 amide bonds. The van der Waals surface area contributed by atoms with E-state index in [-0.39, 0.29) is 11.9 Å². The van der Waals surface area contributed by atoms with Gasteiger partial charge in [0.1, 0.15) is 5.82 Å². The monoisotopic (exact) mass is 283 g/mol. The Morgan fingerprint density at radius 1 is 1.10 bits per heavy atom. The fourth-order valence-electron chi connectivity index (χ4n) is 2.88. The molecule has 1 aliphatic carbocycles. The lowest BCUT2D eigenvalue weighted by Gasteiger charge is -2.25. The van der Waals surface area contributed by atoms with Gasteiger partial charge in [-0.2, -0.15) is 0 Å². The van der Waals surface area contributed by atoms with E-state index in [1.54, 1.807) is 6.07 Å². The molecule has 2 aromatic carbocycles. The van der Waals surface area contributed by atoms with Crippen LogP contribution in [0.25, 0.3) is 11.1 Å². The third-order valence-electron chi connectivity index (χ3n) is 4.72. The summed E-state index contributed by atoms with van der Waals surface area (Å²) >= 11 is 0. The zero-order valence-corrected chi connectivity index (χ0v) is 12.7. The number of hydrogen-bond acceptors (Lipinski definition) is 1. The van der Waals surface area contributed by atoms with E-state index in [0.29, 0.717) is 5.56 Å². The van der Waals surface area contributed by atoms with E-state index in [4.69, 9.17) is 0 Å². The van der Waals surface area contributed by atoms with Gasteiger partial charge >= 0.3 is 0 Å². The smallest absolute Gasteiger partial charge is 0.131 e. The highest BCUT2D eigenvalue weighted by atomic mass is 19.1. The molecule has 110 valence electrons.